The van der Waals surface area contributed by atoms with E-state index in [1.54, 1.807) is 84.9 Å². The molecule has 0 radical (unpaired) electrons. The largest absolute Gasteiger partial charge is 0.550 e. The second-order valence-electron chi connectivity index (χ2n) is 10.1. The van der Waals surface area contributed by atoms with Gasteiger partial charge in [0.1, 0.15) is 5.78 Å². The number of hydrogen-bond acceptors (Lipinski definition) is 6. The quantitative estimate of drug-likeness (QED) is 0.509. The highest BCUT2D eigenvalue weighted by Crippen LogP contribution is 2.59. The van der Waals surface area contributed by atoms with Gasteiger partial charge in [0, 0.05) is 23.7 Å². The van der Waals surface area contributed by atoms with Crippen LogP contribution < -0.4 is 10.2 Å². The maximum Gasteiger partial charge on any atom is 0.148 e. The summed E-state index contributed by atoms with van der Waals surface area (Å²) in [6.45, 7) is 3.11. The Balaban J connectivity index is 2.15. The van der Waals surface area contributed by atoms with Crippen LogP contribution in [0.5, 0.6) is 0 Å². The smallest absolute Gasteiger partial charge is 0.148 e. The summed E-state index contributed by atoms with van der Waals surface area (Å²) >= 11 is 0. The molecular weight excluding hydrogens is 456 g/mol. The summed E-state index contributed by atoms with van der Waals surface area (Å²) in [7, 11) is 0. The van der Waals surface area contributed by atoms with Crippen LogP contribution in [0.4, 0.5) is 0 Å². The number of carbonyl (C=O) groups excluding carboxylic acids is 3. The minimum Gasteiger partial charge on any atom is -0.550 e. The highest BCUT2D eigenvalue weighted by atomic mass is 16.4. The van der Waals surface area contributed by atoms with Crippen molar-refractivity contribution in [3.8, 4) is 0 Å². The number of aliphatic carboxylic acids is 2. The van der Waals surface area contributed by atoms with Crippen molar-refractivity contribution in [2.75, 3.05) is 0 Å². The average molecular weight is 485 g/mol. The van der Waals surface area contributed by atoms with Crippen molar-refractivity contribution >= 4 is 17.7 Å². The zero-order chi connectivity index (χ0) is 26.1. The maximum atomic E-state index is 14.0. The molecule has 1 aliphatic rings. The van der Waals surface area contributed by atoms with Crippen molar-refractivity contribution < 1.29 is 29.7 Å². The van der Waals surface area contributed by atoms with Crippen LogP contribution in [0.2, 0.25) is 0 Å². The molecule has 0 aliphatic heterocycles. The summed E-state index contributed by atoms with van der Waals surface area (Å²) in [5.74, 6) is -5.80. The Kier molecular flexibility index (Phi) is 6.58. The van der Waals surface area contributed by atoms with Crippen molar-refractivity contribution in [3.63, 3.8) is 0 Å². The van der Waals surface area contributed by atoms with E-state index < -0.39 is 46.5 Å². The van der Waals surface area contributed by atoms with Gasteiger partial charge in [-0.3, -0.25) is 4.79 Å². The van der Waals surface area contributed by atoms with Crippen LogP contribution in [0.3, 0.4) is 0 Å². The highest BCUT2D eigenvalue weighted by Gasteiger charge is 2.68. The Bertz CT molecular complexity index is 1270. The number of carboxylic acids is 2. The molecule has 6 heteroatoms. The number of carbonyl (C=O) groups is 3. The number of ketones is 1. The standard InChI is InChI=1S/C30H30O6/c1-20-13-15-23(16-14-20)29(17-21-9-5-3-6-10-21)25(26(32)33)28(2,36)19-24(31)30(29,27(34)35)18-22-11-7-4-8-12-22/h3-16,25,36H,17-19H2,1-2H3,(H,32,33)(H,34,35)/p-2. The molecule has 1 saturated carbocycles. The molecule has 186 valence electrons. The number of aliphatic hydroxyl groups is 1. The lowest BCUT2D eigenvalue weighted by molar-refractivity contribution is -0.334. The second-order valence-corrected chi connectivity index (χ2v) is 10.1. The highest BCUT2D eigenvalue weighted by molar-refractivity contribution is 6.07. The molecule has 1 N–H and O–H groups in total. The Morgan fingerprint density at radius 1 is 0.861 bits per heavy atom. The SMILES string of the molecule is Cc1ccc(C2(Cc3ccccc3)C(C(=O)[O-])C(C)(O)CC(=O)C2(Cc2ccccc2)C(=O)[O-])cc1. The van der Waals surface area contributed by atoms with Crippen LogP contribution >= 0.6 is 0 Å². The molecule has 0 aromatic heterocycles. The van der Waals surface area contributed by atoms with Gasteiger partial charge in [-0.15, -0.1) is 0 Å². The lowest BCUT2D eigenvalue weighted by Gasteiger charge is -2.62. The Hall–Kier alpha value is -3.77. The first kappa shape index (κ1) is 25.3. The maximum absolute atomic E-state index is 14.0. The third-order valence-electron chi connectivity index (χ3n) is 7.66. The number of aryl methyl sites for hydroxylation is 1. The normalized spacial score (nSPS) is 28.0. The molecule has 0 amide bonds. The van der Waals surface area contributed by atoms with Gasteiger partial charge in [-0.1, -0.05) is 90.5 Å². The van der Waals surface area contributed by atoms with Gasteiger partial charge in [-0.05, 0) is 43.4 Å². The fourth-order valence-electron chi connectivity index (χ4n) is 6.12. The van der Waals surface area contributed by atoms with Crippen molar-refractivity contribution in [3.05, 3.63) is 107 Å². The number of hydrogen-bond donors (Lipinski definition) is 1. The molecule has 3 aromatic rings. The summed E-state index contributed by atoms with van der Waals surface area (Å²) < 4.78 is 0. The summed E-state index contributed by atoms with van der Waals surface area (Å²) in [4.78, 5) is 40.2. The first-order valence-electron chi connectivity index (χ1n) is 11.9. The van der Waals surface area contributed by atoms with Gasteiger partial charge in [-0.2, -0.15) is 0 Å². The van der Waals surface area contributed by atoms with Gasteiger partial charge in [0.15, 0.2) is 0 Å². The van der Waals surface area contributed by atoms with Crippen LogP contribution in [0, 0.1) is 18.3 Å². The van der Waals surface area contributed by atoms with Crippen molar-refractivity contribution in [2.45, 2.75) is 44.1 Å². The van der Waals surface area contributed by atoms with Crippen LogP contribution in [-0.2, 0) is 32.6 Å². The fraction of sp³-hybridized carbons (Fsp3) is 0.300. The second kappa shape index (κ2) is 9.36. The van der Waals surface area contributed by atoms with Crippen LogP contribution in [0.15, 0.2) is 84.9 Å². The molecule has 0 saturated heterocycles. The van der Waals surface area contributed by atoms with Gasteiger partial charge in [0.2, 0.25) is 0 Å². The van der Waals surface area contributed by atoms with Crippen LogP contribution in [0.25, 0.3) is 0 Å². The van der Waals surface area contributed by atoms with Gasteiger partial charge >= 0.3 is 0 Å². The van der Waals surface area contributed by atoms with Crippen LogP contribution in [-0.4, -0.2) is 28.4 Å². The monoisotopic (exact) mass is 484 g/mol. The van der Waals surface area contributed by atoms with E-state index in [-0.39, 0.29) is 12.8 Å². The van der Waals surface area contributed by atoms with Crippen molar-refractivity contribution in [1.82, 2.24) is 0 Å². The van der Waals surface area contributed by atoms with E-state index in [0.29, 0.717) is 16.7 Å². The topological polar surface area (TPSA) is 118 Å². The van der Waals surface area contributed by atoms with Gasteiger partial charge in [0.05, 0.1) is 17.0 Å². The zero-order valence-corrected chi connectivity index (χ0v) is 20.3. The molecule has 1 aliphatic carbocycles. The van der Waals surface area contributed by atoms with Gasteiger partial charge in [-0.25, -0.2) is 0 Å². The predicted molar refractivity (Wildman–Crippen MR) is 129 cm³/mol. The molecule has 4 rings (SSSR count). The number of rotatable bonds is 7. The summed E-state index contributed by atoms with van der Waals surface area (Å²) in [5, 5.41) is 37.6. The Morgan fingerprint density at radius 2 is 1.36 bits per heavy atom. The van der Waals surface area contributed by atoms with E-state index in [9.17, 15) is 29.7 Å². The van der Waals surface area contributed by atoms with E-state index in [0.717, 1.165) is 5.56 Å². The van der Waals surface area contributed by atoms with E-state index >= 15 is 0 Å². The lowest BCUT2D eigenvalue weighted by Crippen LogP contribution is -2.75. The fourth-order valence-corrected chi connectivity index (χ4v) is 6.12. The molecule has 0 spiro atoms. The van der Waals surface area contributed by atoms with E-state index in [4.69, 9.17) is 0 Å². The molecule has 4 unspecified atom stereocenters. The van der Waals surface area contributed by atoms with E-state index in [1.165, 1.54) is 6.92 Å². The van der Waals surface area contributed by atoms with E-state index in [2.05, 4.69) is 0 Å². The minimum absolute atomic E-state index is 0.141. The molecule has 6 nitrogen and oxygen atoms in total. The summed E-state index contributed by atoms with van der Waals surface area (Å²) in [6.07, 6.45) is -1.09. The number of carboxylic acid groups (broad SMARTS) is 2. The number of Topliss-reactive ketones (excluding diaryl/α,β-unsaturated/α-hetero) is 1. The average Bonchev–Trinajstić information content (AvgIpc) is 2.82. The predicted octanol–water partition coefficient (Wildman–Crippen LogP) is 1.54. The Morgan fingerprint density at radius 3 is 1.83 bits per heavy atom. The first-order chi connectivity index (χ1) is 17.0. The molecule has 3 aromatic carbocycles. The molecule has 1 fully saturated rings. The van der Waals surface area contributed by atoms with Crippen LogP contribution in [0.1, 0.15) is 35.6 Å². The summed E-state index contributed by atoms with van der Waals surface area (Å²) in [5.41, 5.74) is -3.94. The first-order valence-corrected chi connectivity index (χ1v) is 11.9. The molecule has 0 heterocycles. The lowest BCUT2D eigenvalue weighted by atomic mass is 9.42. The molecule has 4 atom stereocenters. The van der Waals surface area contributed by atoms with Gasteiger partial charge in [0.25, 0.3) is 0 Å². The molecular formula is C30H28O6-2. The van der Waals surface area contributed by atoms with Crippen molar-refractivity contribution in [1.29, 1.82) is 0 Å². The van der Waals surface area contributed by atoms with Crippen molar-refractivity contribution in [2.24, 2.45) is 11.3 Å². The van der Waals surface area contributed by atoms with E-state index in [1.807, 2.05) is 6.92 Å². The molecule has 0 bridgehead atoms. The molecule has 36 heavy (non-hydrogen) atoms. The zero-order valence-electron chi connectivity index (χ0n) is 20.3. The third-order valence-corrected chi connectivity index (χ3v) is 7.66. The minimum atomic E-state index is -2.30. The third kappa shape index (κ3) is 4.01. The van der Waals surface area contributed by atoms with Gasteiger partial charge < -0.3 is 24.9 Å². The Labute approximate surface area is 210 Å². The number of benzene rings is 3. The summed E-state index contributed by atoms with van der Waals surface area (Å²) in [6, 6.07) is 24.2.